The maximum absolute atomic E-state index is 14.3. The van der Waals surface area contributed by atoms with Crippen molar-refractivity contribution in [3.05, 3.63) is 28.3 Å². The summed E-state index contributed by atoms with van der Waals surface area (Å²) in [7, 11) is 1.77. The summed E-state index contributed by atoms with van der Waals surface area (Å²) in [4.78, 5) is 16.6. The van der Waals surface area contributed by atoms with Gasteiger partial charge in [-0.1, -0.05) is 11.6 Å². The molecule has 0 unspecified atom stereocenters. The average Bonchev–Trinajstić information content (AvgIpc) is 3.26. The summed E-state index contributed by atoms with van der Waals surface area (Å²) in [6, 6.07) is 2.44. The monoisotopic (exact) mass is 584 g/mol. The number of likely N-dealkylation sites (N-methyl/N-ethyl adjacent to an activating group) is 1. The van der Waals surface area contributed by atoms with Gasteiger partial charge in [-0.15, -0.1) is 0 Å². The Balaban J connectivity index is 1.50. The minimum absolute atomic E-state index is 0.0464. The number of benzene rings is 1. The fourth-order valence-electron chi connectivity index (χ4n) is 6.16. The number of anilines is 2. The van der Waals surface area contributed by atoms with E-state index in [2.05, 4.69) is 15.0 Å². The highest BCUT2D eigenvalue weighted by Crippen LogP contribution is 2.49. The van der Waals surface area contributed by atoms with Gasteiger partial charge in [-0.2, -0.15) is 23.1 Å². The molecule has 0 radical (unpaired) electrons. The Hall–Kier alpha value is -3.19. The van der Waals surface area contributed by atoms with Crippen LogP contribution < -0.4 is 20.1 Å². The second kappa shape index (κ2) is 9.16. The number of aryl methyl sites for hydroxylation is 1. The Morgan fingerprint density at radius 3 is 2.70 bits per heavy atom. The van der Waals surface area contributed by atoms with Crippen molar-refractivity contribution < 1.29 is 31.4 Å². The molecular formula is C26H26ClF5N6O2. The Morgan fingerprint density at radius 1 is 1.18 bits per heavy atom. The lowest BCUT2D eigenvalue weighted by Gasteiger charge is -2.30. The van der Waals surface area contributed by atoms with E-state index < -0.39 is 28.9 Å². The number of ether oxygens (including phenoxy) is 2. The molecule has 0 amide bonds. The molecule has 0 saturated carbocycles. The van der Waals surface area contributed by atoms with Crippen molar-refractivity contribution in [2.75, 3.05) is 50.5 Å². The predicted molar refractivity (Wildman–Crippen MR) is 139 cm³/mol. The maximum atomic E-state index is 14.3. The van der Waals surface area contributed by atoms with E-state index >= 15 is 0 Å². The molecule has 14 heteroatoms. The van der Waals surface area contributed by atoms with E-state index in [-0.39, 0.29) is 65.4 Å². The third-order valence-corrected chi connectivity index (χ3v) is 8.25. The molecule has 2 saturated heterocycles. The molecule has 0 aliphatic carbocycles. The topological polar surface area (TPSA) is 89.6 Å². The number of rotatable bonds is 4. The number of alkyl halides is 5. The number of hydrogen-bond donors (Lipinski definition) is 1. The van der Waals surface area contributed by atoms with Gasteiger partial charge in [0.2, 0.25) is 0 Å². The minimum atomic E-state index is -4.74. The van der Waals surface area contributed by atoms with Gasteiger partial charge in [0.15, 0.2) is 5.75 Å². The lowest BCUT2D eigenvalue weighted by atomic mass is 9.94. The quantitative estimate of drug-likeness (QED) is 0.411. The number of halogens is 6. The van der Waals surface area contributed by atoms with Crippen LogP contribution in [0.1, 0.15) is 30.4 Å². The van der Waals surface area contributed by atoms with Gasteiger partial charge in [0.25, 0.3) is 5.92 Å². The van der Waals surface area contributed by atoms with Crippen LogP contribution in [0.2, 0.25) is 5.02 Å². The summed E-state index contributed by atoms with van der Waals surface area (Å²) in [6.07, 6.45) is -3.72. The zero-order valence-electron chi connectivity index (χ0n) is 21.7. The molecule has 3 aromatic rings. The van der Waals surface area contributed by atoms with Gasteiger partial charge >= 0.3 is 12.2 Å². The van der Waals surface area contributed by atoms with Crippen LogP contribution in [0.5, 0.6) is 11.8 Å². The number of nitrogen functional groups attached to an aromatic ring is 1. The first-order valence-electron chi connectivity index (χ1n) is 12.8. The maximum Gasteiger partial charge on any atom is 0.418 e. The van der Waals surface area contributed by atoms with Crippen LogP contribution in [0.25, 0.3) is 22.2 Å². The van der Waals surface area contributed by atoms with Crippen LogP contribution in [0.15, 0.2) is 12.1 Å². The molecule has 1 aromatic carbocycles. The van der Waals surface area contributed by atoms with Gasteiger partial charge in [-0.05, 0) is 44.0 Å². The molecule has 3 aliphatic rings. The van der Waals surface area contributed by atoms with Crippen LogP contribution in [0, 0.1) is 6.92 Å². The molecule has 3 aliphatic heterocycles. The van der Waals surface area contributed by atoms with E-state index in [9.17, 15) is 22.0 Å². The highest BCUT2D eigenvalue weighted by atomic mass is 35.5. The third kappa shape index (κ3) is 4.43. The Labute approximate surface area is 231 Å². The number of aromatic nitrogens is 3. The van der Waals surface area contributed by atoms with Gasteiger partial charge in [-0.3, -0.25) is 4.90 Å². The highest BCUT2D eigenvalue weighted by Gasteiger charge is 2.57. The molecule has 6 rings (SSSR count). The second-order valence-electron chi connectivity index (χ2n) is 10.7. The fraction of sp³-hybridized carbons (Fsp3) is 0.500. The molecule has 1 atom stereocenters. The fourth-order valence-corrected chi connectivity index (χ4v) is 6.45. The van der Waals surface area contributed by atoms with Gasteiger partial charge in [0.1, 0.15) is 24.8 Å². The first-order chi connectivity index (χ1) is 18.8. The number of nitrogens with zero attached hydrogens (tertiary/aromatic N) is 5. The Morgan fingerprint density at radius 2 is 1.95 bits per heavy atom. The summed E-state index contributed by atoms with van der Waals surface area (Å²) < 4.78 is 82.9. The van der Waals surface area contributed by atoms with Gasteiger partial charge < -0.3 is 20.1 Å². The number of hydrogen-bond acceptors (Lipinski definition) is 8. The second-order valence-corrected chi connectivity index (χ2v) is 11.1. The molecular weight excluding hydrogens is 559 g/mol. The van der Waals surface area contributed by atoms with Crippen LogP contribution in [0.4, 0.5) is 33.6 Å². The van der Waals surface area contributed by atoms with E-state index in [4.69, 9.17) is 26.8 Å². The molecule has 0 spiro atoms. The summed E-state index contributed by atoms with van der Waals surface area (Å²) in [5.74, 6) is -2.41. The first kappa shape index (κ1) is 27.0. The van der Waals surface area contributed by atoms with E-state index in [0.29, 0.717) is 30.7 Å². The molecule has 0 bridgehead atoms. The standard InChI is InChI=1S/C26H26ClF5N6O2/c1-13-8-16(33)35-20(18(13)26(30,31)32)14-9-15-17-21(19(14)27)39-7-6-37(2)22(17)36-23(34-15)40-12-24-4-3-5-38(24)11-25(28,29)10-24/h8-9H,3-7,10-12H2,1-2H3,(H2,33,35)/t24-/m0/s1. The van der Waals surface area contributed by atoms with Crippen LogP contribution in [-0.4, -0.2) is 71.2 Å². The van der Waals surface area contributed by atoms with E-state index in [1.54, 1.807) is 16.8 Å². The van der Waals surface area contributed by atoms with Gasteiger partial charge in [-0.25, -0.2) is 13.8 Å². The van der Waals surface area contributed by atoms with Crippen LogP contribution in [-0.2, 0) is 6.18 Å². The molecule has 8 nitrogen and oxygen atoms in total. The van der Waals surface area contributed by atoms with Crippen molar-refractivity contribution >= 4 is 34.1 Å². The summed E-state index contributed by atoms with van der Waals surface area (Å²) >= 11 is 6.69. The Bertz CT molecular complexity index is 1520. The summed E-state index contributed by atoms with van der Waals surface area (Å²) in [5, 5.41) is 0.307. The van der Waals surface area contributed by atoms with Crippen molar-refractivity contribution in [3.8, 4) is 23.0 Å². The van der Waals surface area contributed by atoms with Crippen molar-refractivity contribution in [2.45, 2.75) is 43.8 Å². The van der Waals surface area contributed by atoms with E-state index in [0.717, 1.165) is 12.5 Å². The zero-order chi connectivity index (χ0) is 28.6. The Kier molecular flexibility index (Phi) is 6.19. The third-order valence-electron chi connectivity index (χ3n) is 7.87. The molecule has 2 fully saturated rings. The molecule has 40 heavy (non-hydrogen) atoms. The lowest BCUT2D eigenvalue weighted by Crippen LogP contribution is -2.43. The van der Waals surface area contributed by atoms with Crippen molar-refractivity contribution in [2.24, 2.45) is 0 Å². The predicted octanol–water partition coefficient (Wildman–Crippen LogP) is 5.34. The molecule has 214 valence electrons. The number of nitrogens with two attached hydrogens (primary N) is 1. The zero-order valence-corrected chi connectivity index (χ0v) is 22.5. The molecule has 2 aromatic heterocycles. The van der Waals surface area contributed by atoms with Gasteiger partial charge in [0, 0.05) is 19.0 Å². The minimum Gasteiger partial charge on any atom is -0.489 e. The highest BCUT2D eigenvalue weighted by molar-refractivity contribution is 6.36. The van der Waals surface area contributed by atoms with Crippen LogP contribution >= 0.6 is 11.6 Å². The van der Waals surface area contributed by atoms with Crippen molar-refractivity contribution in [3.63, 3.8) is 0 Å². The number of fused-ring (bicyclic) bond motifs is 1. The SMILES string of the molecule is Cc1cc(N)nc(-c2cc3nc(OC[C@@]45CCCN4CC(F)(F)C5)nc4c3c(c2Cl)OCCN4C)c1C(F)(F)F. The van der Waals surface area contributed by atoms with E-state index in [1.165, 1.54) is 13.0 Å². The molecule has 2 N–H and O–H groups in total. The van der Waals surface area contributed by atoms with Crippen molar-refractivity contribution in [1.82, 2.24) is 19.9 Å². The first-order valence-corrected chi connectivity index (χ1v) is 13.1. The van der Waals surface area contributed by atoms with Gasteiger partial charge in [0.05, 0.1) is 45.8 Å². The average molecular weight is 585 g/mol. The van der Waals surface area contributed by atoms with Crippen LogP contribution in [0.3, 0.4) is 0 Å². The number of pyridine rings is 1. The lowest BCUT2D eigenvalue weighted by molar-refractivity contribution is -0.137. The molecule has 5 heterocycles. The van der Waals surface area contributed by atoms with Crippen molar-refractivity contribution in [1.29, 1.82) is 0 Å². The smallest absolute Gasteiger partial charge is 0.418 e. The summed E-state index contributed by atoms with van der Waals surface area (Å²) in [6.45, 7) is 2.05. The largest absolute Gasteiger partial charge is 0.489 e. The normalized spacial score (nSPS) is 22.4. The van der Waals surface area contributed by atoms with E-state index in [1.807, 2.05) is 0 Å². The summed E-state index contributed by atoms with van der Waals surface area (Å²) in [5.41, 5.74) is 3.61.